The van der Waals surface area contributed by atoms with E-state index in [0.717, 1.165) is 0 Å². The zero-order chi connectivity index (χ0) is 9.59. The SMILES string of the molecule is O=C(CBr)[C@H]1[C@@H]2CN(C(=O)O)C[C@@H]21. The first kappa shape index (κ1) is 8.99. The van der Waals surface area contributed by atoms with Crippen molar-refractivity contribution in [3.05, 3.63) is 0 Å². The van der Waals surface area contributed by atoms with E-state index >= 15 is 0 Å². The van der Waals surface area contributed by atoms with Gasteiger partial charge in [0.1, 0.15) is 5.78 Å². The third-order valence-corrected chi connectivity index (χ3v) is 3.52. The topological polar surface area (TPSA) is 57.6 Å². The van der Waals surface area contributed by atoms with Crippen LogP contribution in [0, 0.1) is 17.8 Å². The van der Waals surface area contributed by atoms with Crippen LogP contribution in [0.5, 0.6) is 0 Å². The van der Waals surface area contributed by atoms with Gasteiger partial charge in [0.2, 0.25) is 0 Å². The molecule has 2 rings (SSSR count). The number of carbonyl (C=O) groups excluding carboxylic acids is 1. The molecular formula is C8H10BrNO3. The average molecular weight is 248 g/mol. The summed E-state index contributed by atoms with van der Waals surface area (Å²) in [6.45, 7) is 1.09. The van der Waals surface area contributed by atoms with Gasteiger partial charge in [-0.05, 0) is 11.8 Å². The second kappa shape index (κ2) is 2.97. The molecule has 1 amide bonds. The predicted molar refractivity (Wildman–Crippen MR) is 48.9 cm³/mol. The van der Waals surface area contributed by atoms with Gasteiger partial charge in [-0.25, -0.2) is 4.79 Å². The molecule has 0 bridgehead atoms. The second-order valence-electron chi connectivity index (χ2n) is 3.64. The minimum Gasteiger partial charge on any atom is -0.465 e. The molecule has 0 aromatic rings. The van der Waals surface area contributed by atoms with Crippen molar-refractivity contribution in [1.82, 2.24) is 4.90 Å². The van der Waals surface area contributed by atoms with Gasteiger partial charge >= 0.3 is 6.09 Å². The van der Waals surface area contributed by atoms with E-state index in [4.69, 9.17) is 5.11 Å². The molecule has 72 valence electrons. The molecule has 1 aliphatic carbocycles. The summed E-state index contributed by atoms with van der Waals surface area (Å²) in [7, 11) is 0. The molecule has 0 aromatic heterocycles. The molecule has 2 aliphatic rings. The number of halogens is 1. The van der Waals surface area contributed by atoms with Crippen molar-refractivity contribution >= 4 is 27.8 Å². The Morgan fingerprint density at radius 2 is 1.92 bits per heavy atom. The number of fused-ring (bicyclic) bond motifs is 1. The molecule has 0 spiro atoms. The third-order valence-electron chi connectivity index (χ3n) is 2.97. The highest BCUT2D eigenvalue weighted by Gasteiger charge is 2.59. The van der Waals surface area contributed by atoms with Crippen LogP contribution in [0.2, 0.25) is 0 Å². The first-order valence-electron chi connectivity index (χ1n) is 4.21. The van der Waals surface area contributed by atoms with E-state index in [1.807, 2.05) is 0 Å². The van der Waals surface area contributed by atoms with Crippen LogP contribution in [0.3, 0.4) is 0 Å². The molecule has 0 radical (unpaired) electrons. The largest absolute Gasteiger partial charge is 0.465 e. The van der Waals surface area contributed by atoms with E-state index in [1.165, 1.54) is 4.90 Å². The quantitative estimate of drug-likeness (QED) is 0.735. The van der Waals surface area contributed by atoms with E-state index in [-0.39, 0.29) is 11.7 Å². The number of ketones is 1. The first-order chi connectivity index (χ1) is 6.15. The van der Waals surface area contributed by atoms with Gasteiger partial charge in [0.15, 0.2) is 0 Å². The minimum absolute atomic E-state index is 0.134. The number of amides is 1. The van der Waals surface area contributed by atoms with E-state index in [2.05, 4.69) is 15.9 Å². The minimum atomic E-state index is -0.864. The Labute approximate surface area is 84.0 Å². The summed E-state index contributed by atoms with van der Waals surface area (Å²) in [6, 6.07) is 0. The van der Waals surface area contributed by atoms with Gasteiger partial charge in [-0.3, -0.25) is 4.79 Å². The van der Waals surface area contributed by atoms with Crippen LogP contribution in [-0.4, -0.2) is 40.3 Å². The highest BCUT2D eigenvalue weighted by molar-refractivity contribution is 9.09. The molecule has 1 N–H and O–H groups in total. The van der Waals surface area contributed by atoms with Crippen LogP contribution < -0.4 is 0 Å². The van der Waals surface area contributed by atoms with Crippen LogP contribution in [0.25, 0.3) is 0 Å². The van der Waals surface area contributed by atoms with Gasteiger partial charge in [-0.15, -0.1) is 0 Å². The Morgan fingerprint density at radius 3 is 2.31 bits per heavy atom. The average Bonchev–Trinajstić information content (AvgIpc) is 2.58. The maximum absolute atomic E-state index is 11.3. The number of piperidine rings is 1. The Kier molecular flexibility index (Phi) is 2.06. The number of carbonyl (C=O) groups is 2. The van der Waals surface area contributed by atoms with Crippen LogP contribution >= 0.6 is 15.9 Å². The number of alkyl halides is 1. The van der Waals surface area contributed by atoms with Gasteiger partial charge in [0.05, 0.1) is 5.33 Å². The smallest absolute Gasteiger partial charge is 0.407 e. The van der Waals surface area contributed by atoms with Gasteiger partial charge in [-0.1, -0.05) is 15.9 Å². The molecular weight excluding hydrogens is 238 g/mol. The number of carboxylic acid groups (broad SMARTS) is 1. The molecule has 5 heteroatoms. The highest BCUT2D eigenvalue weighted by Crippen LogP contribution is 2.52. The molecule has 2 fully saturated rings. The normalized spacial score (nSPS) is 35.8. The predicted octanol–water partition coefficient (Wildman–Crippen LogP) is 0.806. The number of hydrogen-bond donors (Lipinski definition) is 1. The van der Waals surface area contributed by atoms with Gasteiger partial charge in [0, 0.05) is 19.0 Å². The highest BCUT2D eigenvalue weighted by atomic mass is 79.9. The van der Waals surface area contributed by atoms with E-state index < -0.39 is 6.09 Å². The Morgan fingerprint density at radius 1 is 1.38 bits per heavy atom. The van der Waals surface area contributed by atoms with Crippen molar-refractivity contribution in [2.24, 2.45) is 17.8 Å². The standard InChI is InChI=1S/C8H10BrNO3/c9-1-6(11)7-4-2-10(8(12)13)3-5(4)7/h4-5,7H,1-3H2,(H,12,13)/t4-,5+,7+. The van der Waals surface area contributed by atoms with Crippen LogP contribution in [-0.2, 0) is 4.79 Å². The van der Waals surface area contributed by atoms with E-state index in [9.17, 15) is 9.59 Å². The summed E-state index contributed by atoms with van der Waals surface area (Å²) >= 11 is 3.13. The summed E-state index contributed by atoms with van der Waals surface area (Å²) in [5.74, 6) is 0.970. The summed E-state index contributed by atoms with van der Waals surface area (Å²) in [5.41, 5.74) is 0. The lowest BCUT2D eigenvalue weighted by atomic mass is 10.2. The van der Waals surface area contributed by atoms with Gasteiger partial charge in [-0.2, -0.15) is 0 Å². The van der Waals surface area contributed by atoms with E-state index in [0.29, 0.717) is 30.3 Å². The van der Waals surface area contributed by atoms with Gasteiger partial charge in [0.25, 0.3) is 0 Å². The molecule has 1 heterocycles. The molecule has 0 aromatic carbocycles. The third kappa shape index (κ3) is 1.35. The fourth-order valence-electron chi connectivity index (χ4n) is 2.25. The molecule has 1 saturated carbocycles. The Hall–Kier alpha value is -0.580. The molecule has 3 atom stereocenters. The number of nitrogens with zero attached hydrogens (tertiary/aromatic N) is 1. The maximum atomic E-state index is 11.3. The van der Waals surface area contributed by atoms with Crippen molar-refractivity contribution in [3.8, 4) is 0 Å². The summed E-state index contributed by atoms with van der Waals surface area (Å²) < 4.78 is 0. The summed E-state index contributed by atoms with van der Waals surface area (Å²) in [5, 5.41) is 9.07. The second-order valence-corrected chi connectivity index (χ2v) is 4.20. The molecule has 0 unspecified atom stereocenters. The fraction of sp³-hybridized carbons (Fsp3) is 0.750. The van der Waals surface area contributed by atoms with Crippen molar-refractivity contribution in [2.75, 3.05) is 18.4 Å². The fourth-order valence-corrected chi connectivity index (χ4v) is 2.62. The molecule has 1 aliphatic heterocycles. The number of Topliss-reactive ketones (excluding diaryl/α,β-unsaturated/α-hetero) is 1. The van der Waals surface area contributed by atoms with Crippen LogP contribution in [0.15, 0.2) is 0 Å². The number of hydrogen-bond acceptors (Lipinski definition) is 2. The lowest BCUT2D eigenvalue weighted by Gasteiger charge is -2.14. The first-order valence-corrected chi connectivity index (χ1v) is 5.34. The number of likely N-dealkylation sites (tertiary alicyclic amines) is 1. The van der Waals surface area contributed by atoms with Crippen LogP contribution in [0.4, 0.5) is 4.79 Å². The molecule has 13 heavy (non-hydrogen) atoms. The van der Waals surface area contributed by atoms with Gasteiger partial charge < -0.3 is 10.0 Å². The van der Waals surface area contributed by atoms with Crippen molar-refractivity contribution in [2.45, 2.75) is 0 Å². The zero-order valence-corrected chi connectivity index (χ0v) is 8.53. The molecule has 4 nitrogen and oxygen atoms in total. The van der Waals surface area contributed by atoms with Crippen LogP contribution in [0.1, 0.15) is 0 Å². The number of rotatable bonds is 2. The Bertz CT molecular complexity index is 256. The molecule has 1 saturated heterocycles. The van der Waals surface area contributed by atoms with Crippen molar-refractivity contribution in [3.63, 3.8) is 0 Å². The summed E-state index contributed by atoms with van der Waals surface area (Å²) in [6.07, 6.45) is -0.864. The summed E-state index contributed by atoms with van der Waals surface area (Å²) in [4.78, 5) is 23.2. The Balaban J connectivity index is 1.90. The maximum Gasteiger partial charge on any atom is 0.407 e. The lowest BCUT2D eigenvalue weighted by Crippen LogP contribution is -2.31. The van der Waals surface area contributed by atoms with Crippen molar-refractivity contribution < 1.29 is 14.7 Å². The van der Waals surface area contributed by atoms with E-state index in [1.54, 1.807) is 0 Å². The monoisotopic (exact) mass is 247 g/mol. The lowest BCUT2D eigenvalue weighted by molar-refractivity contribution is -0.118. The van der Waals surface area contributed by atoms with Crippen molar-refractivity contribution in [1.29, 1.82) is 0 Å². The zero-order valence-electron chi connectivity index (χ0n) is 6.94.